The number of carbonyl (C=O) groups is 2. The molecule has 1 fully saturated rings. The standard InChI is InChI=1S/C30H32F3N5O2/c1-37(2)24-17-18-38(19-24)28(29(40)35-23-14-12-22(13-15-23)30(31,32)33)21-10-7-20(8-11-21)9-16-27(39)36-26-6-4-3-5-25(26)34/h3-16,24,28H,17-19,34H2,1-2H3,(H,35,40)(H,36,39)/t24-,28?/m1/s1. The maximum absolute atomic E-state index is 13.5. The molecule has 4 N–H and O–H groups in total. The van der Waals surface area contributed by atoms with E-state index in [9.17, 15) is 22.8 Å². The van der Waals surface area contributed by atoms with Gasteiger partial charge in [0.25, 0.3) is 0 Å². The van der Waals surface area contributed by atoms with E-state index in [1.165, 1.54) is 18.2 Å². The highest BCUT2D eigenvalue weighted by atomic mass is 19.4. The third-order valence-electron chi connectivity index (χ3n) is 6.92. The molecule has 0 aliphatic carbocycles. The summed E-state index contributed by atoms with van der Waals surface area (Å²) in [5, 5.41) is 5.52. The van der Waals surface area contributed by atoms with Gasteiger partial charge < -0.3 is 21.3 Å². The lowest BCUT2D eigenvalue weighted by molar-refractivity contribution is -0.137. The van der Waals surface area contributed by atoms with Gasteiger partial charge in [-0.2, -0.15) is 13.2 Å². The molecule has 0 bridgehead atoms. The van der Waals surface area contributed by atoms with Crippen molar-refractivity contribution in [3.63, 3.8) is 0 Å². The largest absolute Gasteiger partial charge is 0.416 e. The second kappa shape index (κ2) is 12.4. The van der Waals surface area contributed by atoms with Crippen molar-refractivity contribution in [2.75, 3.05) is 43.6 Å². The van der Waals surface area contributed by atoms with Crippen LogP contribution in [0.3, 0.4) is 0 Å². The Hall–Kier alpha value is -4.15. The van der Waals surface area contributed by atoms with Crippen molar-refractivity contribution in [2.24, 2.45) is 0 Å². The van der Waals surface area contributed by atoms with Gasteiger partial charge >= 0.3 is 6.18 Å². The van der Waals surface area contributed by atoms with Crippen molar-refractivity contribution in [3.05, 3.63) is 95.6 Å². The van der Waals surface area contributed by atoms with Crippen molar-refractivity contribution in [1.29, 1.82) is 0 Å². The Labute approximate surface area is 231 Å². The number of carbonyl (C=O) groups excluding carboxylic acids is 2. The molecule has 1 unspecified atom stereocenters. The number of nitrogens with two attached hydrogens (primary N) is 1. The first kappa shape index (κ1) is 28.8. The molecular formula is C30H32F3N5O2. The molecule has 1 heterocycles. The van der Waals surface area contributed by atoms with Crippen LogP contribution in [-0.2, 0) is 15.8 Å². The molecule has 1 aliphatic rings. The quantitative estimate of drug-likeness (QED) is 0.263. The number of nitrogens with zero attached hydrogens (tertiary/aromatic N) is 2. The van der Waals surface area contributed by atoms with Gasteiger partial charge in [0.15, 0.2) is 0 Å². The number of nitrogens with one attached hydrogen (secondary N) is 2. The van der Waals surface area contributed by atoms with Crippen LogP contribution in [0.5, 0.6) is 0 Å². The van der Waals surface area contributed by atoms with E-state index >= 15 is 0 Å². The summed E-state index contributed by atoms with van der Waals surface area (Å²) < 4.78 is 38.9. The van der Waals surface area contributed by atoms with E-state index in [-0.39, 0.29) is 23.5 Å². The number of hydrogen-bond donors (Lipinski definition) is 3. The van der Waals surface area contributed by atoms with E-state index in [0.29, 0.717) is 24.5 Å². The van der Waals surface area contributed by atoms with Crippen LogP contribution in [-0.4, -0.2) is 54.8 Å². The molecule has 2 amide bonds. The van der Waals surface area contributed by atoms with Gasteiger partial charge in [-0.25, -0.2) is 0 Å². The molecular weight excluding hydrogens is 519 g/mol. The highest BCUT2D eigenvalue weighted by molar-refractivity contribution is 6.03. The molecule has 0 radical (unpaired) electrons. The lowest BCUT2D eigenvalue weighted by atomic mass is 10.0. The Morgan fingerprint density at radius 2 is 1.68 bits per heavy atom. The van der Waals surface area contributed by atoms with Gasteiger partial charge in [0, 0.05) is 30.9 Å². The number of benzene rings is 3. The second-order valence-electron chi connectivity index (χ2n) is 9.94. The van der Waals surface area contributed by atoms with Crippen LogP contribution >= 0.6 is 0 Å². The van der Waals surface area contributed by atoms with Gasteiger partial charge in [0.2, 0.25) is 11.8 Å². The molecule has 3 aromatic rings. The first-order valence-electron chi connectivity index (χ1n) is 12.8. The van der Waals surface area contributed by atoms with Crippen LogP contribution in [0.4, 0.5) is 30.2 Å². The van der Waals surface area contributed by atoms with Gasteiger partial charge in [-0.3, -0.25) is 14.5 Å². The van der Waals surface area contributed by atoms with Crippen LogP contribution in [0.25, 0.3) is 6.08 Å². The zero-order valence-electron chi connectivity index (χ0n) is 22.3. The number of alkyl halides is 3. The molecule has 1 saturated heterocycles. The first-order chi connectivity index (χ1) is 19.0. The zero-order chi connectivity index (χ0) is 28.9. The molecule has 7 nitrogen and oxygen atoms in total. The summed E-state index contributed by atoms with van der Waals surface area (Å²) in [6.45, 7) is 1.36. The lowest BCUT2D eigenvalue weighted by Crippen LogP contribution is -2.38. The van der Waals surface area contributed by atoms with E-state index in [4.69, 9.17) is 5.73 Å². The minimum atomic E-state index is -4.45. The average Bonchev–Trinajstić information content (AvgIpc) is 3.40. The number of likely N-dealkylation sites (N-methyl/N-ethyl adjacent to an activating group) is 1. The van der Waals surface area contributed by atoms with E-state index < -0.39 is 17.8 Å². The van der Waals surface area contributed by atoms with E-state index in [1.54, 1.807) is 30.3 Å². The molecule has 0 aromatic heterocycles. The Morgan fingerprint density at radius 3 is 2.27 bits per heavy atom. The fourth-order valence-corrected chi connectivity index (χ4v) is 4.65. The van der Waals surface area contributed by atoms with Gasteiger partial charge in [0.1, 0.15) is 6.04 Å². The molecule has 40 heavy (non-hydrogen) atoms. The third kappa shape index (κ3) is 7.28. The van der Waals surface area contributed by atoms with Crippen LogP contribution in [0.15, 0.2) is 78.9 Å². The highest BCUT2D eigenvalue weighted by Gasteiger charge is 2.35. The average molecular weight is 552 g/mol. The molecule has 10 heteroatoms. The van der Waals surface area contributed by atoms with Crippen LogP contribution in [0.2, 0.25) is 0 Å². The summed E-state index contributed by atoms with van der Waals surface area (Å²) >= 11 is 0. The first-order valence-corrected chi connectivity index (χ1v) is 12.8. The Balaban J connectivity index is 1.50. The van der Waals surface area contributed by atoms with Crippen molar-refractivity contribution in [1.82, 2.24) is 9.80 Å². The maximum Gasteiger partial charge on any atom is 0.416 e. The highest BCUT2D eigenvalue weighted by Crippen LogP contribution is 2.31. The zero-order valence-corrected chi connectivity index (χ0v) is 22.3. The van der Waals surface area contributed by atoms with Crippen LogP contribution < -0.4 is 16.4 Å². The topological polar surface area (TPSA) is 90.7 Å². The summed E-state index contributed by atoms with van der Waals surface area (Å²) in [6.07, 6.45) is -0.502. The maximum atomic E-state index is 13.5. The van der Waals surface area contributed by atoms with Crippen LogP contribution in [0.1, 0.15) is 29.2 Å². The fourth-order valence-electron chi connectivity index (χ4n) is 4.65. The number of hydrogen-bond acceptors (Lipinski definition) is 5. The number of halogens is 3. The fraction of sp³-hybridized carbons (Fsp3) is 0.267. The summed E-state index contributed by atoms with van der Waals surface area (Å²) in [4.78, 5) is 30.0. The molecule has 0 saturated carbocycles. The Morgan fingerprint density at radius 1 is 1.00 bits per heavy atom. The van der Waals surface area contributed by atoms with Gasteiger partial charge in [-0.05, 0) is 74.1 Å². The minimum Gasteiger partial charge on any atom is -0.397 e. The smallest absolute Gasteiger partial charge is 0.397 e. The molecule has 2 atom stereocenters. The number of nitrogen functional groups attached to an aromatic ring is 1. The summed E-state index contributed by atoms with van der Waals surface area (Å²) in [5.74, 6) is -0.662. The Bertz CT molecular complexity index is 1360. The second-order valence-corrected chi connectivity index (χ2v) is 9.94. The lowest BCUT2D eigenvalue weighted by Gasteiger charge is -2.28. The number of likely N-dealkylation sites (tertiary alicyclic amines) is 1. The minimum absolute atomic E-state index is 0.278. The number of amides is 2. The van der Waals surface area contributed by atoms with Gasteiger partial charge in [-0.1, -0.05) is 36.4 Å². The van der Waals surface area contributed by atoms with E-state index in [1.807, 2.05) is 38.4 Å². The normalized spacial score (nSPS) is 16.8. The van der Waals surface area contributed by atoms with Crippen molar-refractivity contribution < 1.29 is 22.8 Å². The van der Waals surface area contributed by atoms with Gasteiger partial charge in [-0.15, -0.1) is 0 Å². The molecule has 3 aromatic carbocycles. The van der Waals surface area contributed by atoms with Crippen molar-refractivity contribution >= 4 is 35.0 Å². The number of para-hydroxylation sites is 2. The van der Waals surface area contributed by atoms with Crippen molar-refractivity contribution in [2.45, 2.75) is 24.7 Å². The summed E-state index contributed by atoms with van der Waals surface area (Å²) in [5.41, 5.74) is 7.87. The number of anilines is 3. The van der Waals surface area contributed by atoms with Crippen LogP contribution in [0, 0.1) is 0 Å². The number of rotatable bonds is 8. The predicted octanol–water partition coefficient (Wildman–Crippen LogP) is 5.26. The molecule has 1 aliphatic heterocycles. The SMILES string of the molecule is CN(C)[C@@H]1CCN(C(C(=O)Nc2ccc(C(F)(F)F)cc2)c2ccc(C=CC(=O)Nc3ccccc3N)cc2)C1. The van der Waals surface area contributed by atoms with Gasteiger partial charge in [0.05, 0.1) is 16.9 Å². The Kier molecular flexibility index (Phi) is 8.91. The van der Waals surface area contributed by atoms with E-state index in [2.05, 4.69) is 20.4 Å². The van der Waals surface area contributed by atoms with Crippen molar-refractivity contribution in [3.8, 4) is 0 Å². The monoisotopic (exact) mass is 551 g/mol. The summed E-state index contributed by atoms with van der Waals surface area (Å²) in [7, 11) is 3.99. The molecule has 4 rings (SSSR count). The van der Waals surface area contributed by atoms with E-state index in [0.717, 1.165) is 29.7 Å². The third-order valence-corrected chi connectivity index (χ3v) is 6.92. The molecule has 210 valence electrons. The molecule has 0 spiro atoms. The summed E-state index contributed by atoms with van der Waals surface area (Å²) in [6, 6.07) is 18.3. The predicted molar refractivity (Wildman–Crippen MR) is 151 cm³/mol.